The van der Waals surface area contributed by atoms with Gasteiger partial charge in [-0.25, -0.2) is 4.83 Å². The number of rotatable bonds is 4. The lowest BCUT2D eigenvalue weighted by atomic mass is 9.87. The summed E-state index contributed by atoms with van der Waals surface area (Å²) < 4.78 is 24.4. The Morgan fingerprint density at radius 2 is 1.75 bits per heavy atom. The molecule has 5 nitrogen and oxygen atoms in total. The number of nitrogens with zero attached hydrogens (tertiary/aromatic N) is 1. The molecule has 128 valence electrons. The maximum absolute atomic E-state index is 12.2. The van der Waals surface area contributed by atoms with Gasteiger partial charge in [-0.05, 0) is 41.3 Å². The van der Waals surface area contributed by atoms with Crippen LogP contribution in [0.15, 0.2) is 52.5 Å². The number of nitrogens with one attached hydrogen (secondary N) is 1. The van der Waals surface area contributed by atoms with Gasteiger partial charge in [-0.2, -0.15) is 13.5 Å². The van der Waals surface area contributed by atoms with Crippen LogP contribution in [-0.4, -0.2) is 19.7 Å². The Labute approximate surface area is 147 Å². The van der Waals surface area contributed by atoms with Gasteiger partial charge in [-0.1, -0.05) is 44.5 Å². The molecule has 0 radical (unpaired) electrons. The molecule has 0 aliphatic rings. The molecule has 2 aromatic carbocycles. The first kappa shape index (κ1) is 18.3. The summed E-state index contributed by atoms with van der Waals surface area (Å²) in [5.74, 6) is -0.0446. The molecule has 7 heteroatoms. The molecule has 24 heavy (non-hydrogen) atoms. The highest BCUT2D eigenvalue weighted by Gasteiger charge is 2.17. The van der Waals surface area contributed by atoms with Crippen LogP contribution in [0.4, 0.5) is 0 Å². The van der Waals surface area contributed by atoms with E-state index in [0.29, 0.717) is 10.6 Å². The van der Waals surface area contributed by atoms with Crippen molar-refractivity contribution in [2.24, 2.45) is 5.10 Å². The molecule has 0 aromatic heterocycles. The molecule has 0 saturated carbocycles. The van der Waals surface area contributed by atoms with Crippen molar-refractivity contribution in [3.63, 3.8) is 0 Å². The van der Waals surface area contributed by atoms with E-state index in [1.807, 2.05) is 0 Å². The standard InChI is InChI=1S/C17H19ClN2O3S/c1-17(2,3)13-4-7-15(8-5-13)24(22,23)20-19-11-12-10-14(18)6-9-16(12)21/h4-11,20-21H,1-3H3/b19-11+. The monoisotopic (exact) mass is 366 g/mol. The van der Waals surface area contributed by atoms with Gasteiger partial charge in [-0.3, -0.25) is 0 Å². The van der Waals surface area contributed by atoms with Crippen molar-refractivity contribution in [1.82, 2.24) is 4.83 Å². The van der Waals surface area contributed by atoms with Gasteiger partial charge >= 0.3 is 0 Å². The minimum Gasteiger partial charge on any atom is -0.507 e. The summed E-state index contributed by atoms with van der Waals surface area (Å²) in [5, 5.41) is 13.8. The van der Waals surface area contributed by atoms with Gasteiger partial charge in [0.05, 0.1) is 11.1 Å². The van der Waals surface area contributed by atoms with Crippen molar-refractivity contribution in [3.8, 4) is 5.75 Å². The van der Waals surface area contributed by atoms with Crippen LogP contribution < -0.4 is 4.83 Å². The number of hydrogen-bond acceptors (Lipinski definition) is 4. The number of halogens is 1. The smallest absolute Gasteiger partial charge is 0.276 e. The third-order valence-electron chi connectivity index (χ3n) is 3.40. The first-order valence-electron chi connectivity index (χ1n) is 7.23. The molecule has 0 atom stereocenters. The van der Waals surface area contributed by atoms with Crippen LogP contribution in [0, 0.1) is 0 Å². The zero-order valence-corrected chi connectivity index (χ0v) is 15.2. The van der Waals surface area contributed by atoms with E-state index in [-0.39, 0.29) is 16.1 Å². The minimum absolute atomic E-state index is 0.0446. The summed E-state index contributed by atoms with van der Waals surface area (Å²) in [6.45, 7) is 6.16. The van der Waals surface area contributed by atoms with E-state index in [0.717, 1.165) is 5.56 Å². The van der Waals surface area contributed by atoms with Crippen LogP contribution in [0.1, 0.15) is 31.9 Å². The normalized spacial score (nSPS) is 12.5. The highest BCUT2D eigenvalue weighted by Crippen LogP contribution is 2.23. The average Bonchev–Trinajstić information content (AvgIpc) is 2.50. The molecule has 0 bridgehead atoms. The van der Waals surface area contributed by atoms with Crippen molar-refractivity contribution in [1.29, 1.82) is 0 Å². The Kier molecular flexibility index (Phi) is 5.20. The Morgan fingerprint density at radius 3 is 2.33 bits per heavy atom. The molecular formula is C17H19ClN2O3S. The predicted molar refractivity (Wildman–Crippen MR) is 96.2 cm³/mol. The van der Waals surface area contributed by atoms with E-state index in [1.165, 1.54) is 36.5 Å². The summed E-state index contributed by atoms with van der Waals surface area (Å²) in [6.07, 6.45) is 1.20. The number of phenolic OH excluding ortho intramolecular Hbond substituents is 1. The molecule has 0 aliphatic heterocycles. The maximum atomic E-state index is 12.2. The fourth-order valence-corrected chi connectivity index (χ4v) is 2.95. The molecule has 2 N–H and O–H groups in total. The summed E-state index contributed by atoms with van der Waals surface area (Å²) in [6, 6.07) is 11.0. The summed E-state index contributed by atoms with van der Waals surface area (Å²) in [7, 11) is -3.78. The van der Waals surface area contributed by atoms with E-state index in [1.54, 1.807) is 12.1 Å². The van der Waals surface area contributed by atoms with E-state index in [4.69, 9.17) is 11.6 Å². The quantitative estimate of drug-likeness (QED) is 0.640. The van der Waals surface area contributed by atoms with Gasteiger partial charge in [0.1, 0.15) is 5.75 Å². The van der Waals surface area contributed by atoms with Crippen molar-refractivity contribution in [2.75, 3.05) is 0 Å². The zero-order valence-electron chi connectivity index (χ0n) is 13.6. The second-order valence-corrected chi connectivity index (χ2v) is 8.43. The Morgan fingerprint density at radius 1 is 1.12 bits per heavy atom. The first-order chi connectivity index (χ1) is 11.1. The summed E-state index contributed by atoms with van der Waals surface area (Å²) >= 11 is 5.82. The fraction of sp³-hybridized carbons (Fsp3) is 0.235. The third kappa shape index (κ3) is 4.49. The van der Waals surface area contributed by atoms with Gasteiger partial charge in [0, 0.05) is 10.6 Å². The van der Waals surface area contributed by atoms with Crippen molar-refractivity contribution in [2.45, 2.75) is 31.1 Å². The van der Waals surface area contributed by atoms with Crippen molar-refractivity contribution in [3.05, 3.63) is 58.6 Å². The summed E-state index contributed by atoms with van der Waals surface area (Å²) in [5.41, 5.74) is 1.29. The first-order valence-corrected chi connectivity index (χ1v) is 9.10. The highest BCUT2D eigenvalue weighted by atomic mass is 35.5. The van der Waals surface area contributed by atoms with Crippen LogP contribution >= 0.6 is 11.6 Å². The largest absolute Gasteiger partial charge is 0.507 e. The zero-order chi connectivity index (χ0) is 18.0. The Balaban J connectivity index is 2.16. The predicted octanol–water partition coefficient (Wildman–Crippen LogP) is 3.66. The van der Waals surface area contributed by atoms with E-state index in [2.05, 4.69) is 30.7 Å². The van der Waals surface area contributed by atoms with Crippen LogP contribution in [-0.2, 0) is 15.4 Å². The summed E-state index contributed by atoms with van der Waals surface area (Å²) in [4.78, 5) is 2.23. The molecule has 0 spiro atoms. The number of aromatic hydroxyl groups is 1. The lowest BCUT2D eigenvalue weighted by Crippen LogP contribution is -2.19. The highest BCUT2D eigenvalue weighted by molar-refractivity contribution is 7.89. The van der Waals surface area contributed by atoms with E-state index in [9.17, 15) is 13.5 Å². The number of benzene rings is 2. The van der Waals surface area contributed by atoms with Gasteiger partial charge in [-0.15, -0.1) is 0 Å². The van der Waals surface area contributed by atoms with Gasteiger partial charge in [0.25, 0.3) is 10.0 Å². The molecule has 0 aliphatic carbocycles. The van der Waals surface area contributed by atoms with Gasteiger partial charge < -0.3 is 5.11 Å². The van der Waals surface area contributed by atoms with Gasteiger partial charge in [0.2, 0.25) is 0 Å². The fourth-order valence-electron chi connectivity index (χ4n) is 1.98. The van der Waals surface area contributed by atoms with Crippen LogP contribution in [0.25, 0.3) is 0 Å². The average molecular weight is 367 g/mol. The van der Waals surface area contributed by atoms with E-state index < -0.39 is 10.0 Å². The minimum atomic E-state index is -3.78. The van der Waals surface area contributed by atoms with Crippen molar-refractivity contribution >= 4 is 27.8 Å². The van der Waals surface area contributed by atoms with Crippen LogP contribution in [0.5, 0.6) is 5.75 Å². The van der Waals surface area contributed by atoms with Gasteiger partial charge in [0.15, 0.2) is 0 Å². The number of hydrogen-bond donors (Lipinski definition) is 2. The van der Waals surface area contributed by atoms with Crippen molar-refractivity contribution < 1.29 is 13.5 Å². The SMILES string of the molecule is CC(C)(C)c1ccc(S(=O)(=O)N/N=C/c2cc(Cl)ccc2O)cc1. The maximum Gasteiger partial charge on any atom is 0.276 e. The molecule has 0 unspecified atom stereocenters. The number of sulfonamides is 1. The Hall–Kier alpha value is -2.05. The van der Waals surface area contributed by atoms with E-state index >= 15 is 0 Å². The molecule has 0 saturated heterocycles. The Bertz CT molecular complexity index is 854. The third-order valence-corrected chi connectivity index (χ3v) is 4.87. The van der Waals surface area contributed by atoms with Crippen LogP contribution in [0.2, 0.25) is 5.02 Å². The lowest BCUT2D eigenvalue weighted by Gasteiger charge is -2.19. The molecule has 0 heterocycles. The molecular weight excluding hydrogens is 348 g/mol. The molecule has 0 amide bonds. The number of hydrazone groups is 1. The second-order valence-electron chi connectivity index (χ2n) is 6.33. The molecule has 2 rings (SSSR count). The number of phenols is 1. The topological polar surface area (TPSA) is 78.8 Å². The van der Waals surface area contributed by atoms with Crippen LogP contribution in [0.3, 0.4) is 0 Å². The molecule has 0 fully saturated rings. The lowest BCUT2D eigenvalue weighted by molar-refractivity contribution is 0.474. The molecule has 2 aromatic rings. The second kappa shape index (κ2) is 6.83.